The zero-order valence-corrected chi connectivity index (χ0v) is 52.2. The monoisotopic (exact) mass is 1350 g/mol. The van der Waals surface area contributed by atoms with Crippen molar-refractivity contribution in [2.75, 3.05) is 0 Å². The summed E-state index contributed by atoms with van der Waals surface area (Å²) < 4.78 is 105. The van der Waals surface area contributed by atoms with E-state index in [1.165, 1.54) is 48.5 Å². The number of nitrogens with one attached hydrogen (secondary N) is 4. The summed E-state index contributed by atoms with van der Waals surface area (Å²) in [5.74, 6) is -4.31. The van der Waals surface area contributed by atoms with Crippen molar-refractivity contribution in [3.63, 3.8) is 0 Å². The standard InChI is InChI=1S/4C13H19NO4S.2Rh/c4*1-9(2)8-12(13(15)16)14-19(17,18)11-6-4-10(3)5-7-11;;/h4*4-7,9,12,14H,8H2,1-3H3,(H,15,16);;/t4*12-;;/m0000../s1. The van der Waals surface area contributed by atoms with Crippen LogP contribution in [0.4, 0.5) is 0 Å². The maximum absolute atomic E-state index is 12.1. The molecule has 0 saturated heterocycles. The number of aliphatic carboxylic acids is 4. The summed E-state index contributed by atoms with van der Waals surface area (Å²) in [6.45, 7) is 22.1. The third-order valence-electron chi connectivity index (χ3n) is 10.5. The molecule has 26 heteroatoms. The van der Waals surface area contributed by atoms with E-state index < -0.39 is 88.1 Å². The molecule has 0 aliphatic heterocycles. The molecule has 0 fully saturated rings. The van der Waals surface area contributed by atoms with E-state index in [0.29, 0.717) is 0 Å². The molecule has 8 N–H and O–H groups in total. The Morgan fingerprint density at radius 3 is 0.551 bits per heavy atom. The van der Waals surface area contributed by atoms with Gasteiger partial charge in [-0.3, -0.25) is 19.2 Å². The summed E-state index contributed by atoms with van der Waals surface area (Å²) in [5.41, 5.74) is 3.76. The van der Waals surface area contributed by atoms with Crippen molar-refractivity contribution >= 4 is 64.0 Å². The number of benzene rings is 4. The van der Waals surface area contributed by atoms with Crippen molar-refractivity contribution in [2.45, 2.75) is 153 Å². The van der Waals surface area contributed by atoms with Crippen molar-refractivity contribution in [1.29, 1.82) is 0 Å². The van der Waals surface area contributed by atoms with Gasteiger partial charge in [0.05, 0.1) is 19.6 Å². The second kappa shape index (κ2) is 34.7. The molecule has 2 radical (unpaired) electrons. The van der Waals surface area contributed by atoms with Gasteiger partial charge >= 0.3 is 23.9 Å². The van der Waals surface area contributed by atoms with Gasteiger partial charge in [0.1, 0.15) is 24.2 Å². The first-order valence-electron chi connectivity index (χ1n) is 24.2. The first kappa shape index (κ1) is 75.7. The molecule has 4 aromatic rings. The summed E-state index contributed by atoms with van der Waals surface area (Å²) in [7, 11) is -15.2. The number of aryl methyl sites for hydroxylation is 4. The zero-order valence-electron chi connectivity index (χ0n) is 45.7. The molecule has 0 unspecified atom stereocenters. The molecule has 442 valence electrons. The number of sulfonamides is 4. The van der Waals surface area contributed by atoms with Crippen LogP contribution < -0.4 is 18.9 Å². The van der Waals surface area contributed by atoms with Gasteiger partial charge in [-0.2, -0.15) is 18.9 Å². The summed E-state index contributed by atoms with van der Waals surface area (Å²) in [6, 6.07) is 20.7. The van der Waals surface area contributed by atoms with Gasteiger partial charge in [0.25, 0.3) is 0 Å². The minimum Gasteiger partial charge on any atom is -0.480 e. The van der Waals surface area contributed by atoms with Crippen molar-refractivity contribution in [1.82, 2.24) is 18.9 Å². The van der Waals surface area contributed by atoms with Crippen LogP contribution in [0.1, 0.15) is 103 Å². The molecule has 0 aliphatic carbocycles. The Morgan fingerprint density at radius 2 is 0.449 bits per heavy atom. The van der Waals surface area contributed by atoms with E-state index in [1.54, 1.807) is 48.5 Å². The molecule has 0 aliphatic rings. The maximum atomic E-state index is 12.1. The molecule has 4 atom stereocenters. The van der Waals surface area contributed by atoms with E-state index in [1.807, 2.05) is 83.1 Å². The predicted octanol–water partition coefficient (Wildman–Crippen LogP) is 7.09. The molecule has 20 nitrogen and oxygen atoms in total. The average molecular weight is 1350 g/mol. The summed E-state index contributed by atoms with van der Waals surface area (Å²) in [6.07, 6.45) is 1.00. The Labute approximate surface area is 487 Å². The van der Waals surface area contributed by atoms with Crippen LogP contribution in [0.15, 0.2) is 117 Å². The molecular formula is C52H76N4O16Rh2S4. The van der Waals surface area contributed by atoms with Gasteiger partial charge in [0, 0.05) is 39.0 Å². The zero-order chi connectivity index (χ0) is 58.5. The van der Waals surface area contributed by atoms with Crippen LogP contribution in [-0.4, -0.2) is 102 Å². The SMILES string of the molecule is Cc1ccc(S(=O)(=O)N[C@@H](CC(C)C)C(=O)O)cc1.Cc1ccc(S(=O)(=O)N[C@@H](CC(C)C)C(=O)O)cc1.Cc1ccc(S(=O)(=O)N[C@@H](CC(C)C)C(=O)O)cc1.Cc1ccc(S(=O)(=O)N[C@@H](CC(C)C)C(=O)O)cc1.[Rh].[Rh]. The second-order valence-corrected chi connectivity index (χ2v) is 26.7. The number of hydrogen-bond acceptors (Lipinski definition) is 12. The van der Waals surface area contributed by atoms with Gasteiger partial charge in [0.2, 0.25) is 40.1 Å². The third-order valence-corrected chi connectivity index (χ3v) is 16.5. The van der Waals surface area contributed by atoms with Crippen LogP contribution in [0.5, 0.6) is 0 Å². The van der Waals surface area contributed by atoms with E-state index in [2.05, 4.69) is 18.9 Å². The summed E-state index contributed by atoms with van der Waals surface area (Å²) >= 11 is 0. The number of rotatable bonds is 24. The third kappa shape index (κ3) is 28.7. The van der Waals surface area contributed by atoms with Gasteiger partial charge in [-0.15, -0.1) is 0 Å². The minimum absolute atomic E-state index is 0. The van der Waals surface area contributed by atoms with Crippen molar-refractivity contribution in [3.8, 4) is 0 Å². The molecule has 0 bridgehead atoms. The van der Waals surface area contributed by atoms with E-state index in [0.717, 1.165) is 22.3 Å². The Kier molecular flexibility index (Phi) is 33.7. The summed E-state index contributed by atoms with van der Waals surface area (Å²) in [4.78, 5) is 44.6. The van der Waals surface area contributed by atoms with E-state index in [4.69, 9.17) is 20.4 Å². The molecule has 0 aromatic heterocycles. The van der Waals surface area contributed by atoms with Crippen molar-refractivity contribution in [2.24, 2.45) is 23.7 Å². The fraction of sp³-hybridized carbons (Fsp3) is 0.462. The van der Waals surface area contributed by atoms with Crippen molar-refractivity contribution in [3.05, 3.63) is 119 Å². The normalized spacial score (nSPS) is 13.1. The average Bonchev–Trinajstić information content (AvgIpc) is 3.28. The first-order valence-corrected chi connectivity index (χ1v) is 30.1. The molecule has 4 rings (SSSR count). The Balaban J connectivity index is 0. The Bertz CT molecular complexity index is 2560. The van der Waals surface area contributed by atoms with Gasteiger partial charge in [-0.1, -0.05) is 126 Å². The van der Waals surface area contributed by atoms with Crippen LogP contribution >= 0.6 is 0 Å². The number of carboxylic acids is 4. The number of hydrogen-bond donors (Lipinski definition) is 8. The smallest absolute Gasteiger partial charge is 0.321 e. The Hall–Kier alpha value is -4.35. The fourth-order valence-electron chi connectivity index (χ4n) is 6.57. The van der Waals surface area contributed by atoms with E-state index >= 15 is 0 Å². The first-order chi connectivity index (χ1) is 34.9. The largest absolute Gasteiger partial charge is 0.480 e. The molecule has 0 amide bonds. The molecule has 0 heterocycles. The quantitative estimate of drug-likeness (QED) is 0.0325. The fourth-order valence-corrected chi connectivity index (χ4v) is 11.4. The molecule has 4 aromatic carbocycles. The van der Waals surface area contributed by atoms with Crippen LogP contribution in [0.25, 0.3) is 0 Å². The minimum atomic E-state index is -3.80. The van der Waals surface area contributed by atoms with Gasteiger partial charge in [-0.25, -0.2) is 33.7 Å². The van der Waals surface area contributed by atoms with Crippen LogP contribution in [0.2, 0.25) is 0 Å². The number of carboxylic acid groups (broad SMARTS) is 4. The second-order valence-electron chi connectivity index (χ2n) is 19.8. The molecule has 0 spiro atoms. The van der Waals surface area contributed by atoms with Crippen LogP contribution in [-0.2, 0) is 98.2 Å². The van der Waals surface area contributed by atoms with Gasteiger partial charge in [-0.05, 0) is 126 Å². The Morgan fingerprint density at radius 1 is 0.321 bits per heavy atom. The molecule has 0 saturated carbocycles. The van der Waals surface area contributed by atoms with Crippen LogP contribution in [0, 0.1) is 51.4 Å². The van der Waals surface area contributed by atoms with E-state index in [9.17, 15) is 52.8 Å². The molecule has 78 heavy (non-hydrogen) atoms. The number of carbonyl (C=O) groups is 4. The van der Waals surface area contributed by atoms with Crippen molar-refractivity contribution < 1.29 is 112 Å². The van der Waals surface area contributed by atoms with Gasteiger partial charge in [0.15, 0.2) is 0 Å². The maximum Gasteiger partial charge on any atom is 0.321 e. The predicted molar refractivity (Wildman–Crippen MR) is 290 cm³/mol. The van der Waals surface area contributed by atoms with Crippen LogP contribution in [0.3, 0.4) is 0 Å². The van der Waals surface area contributed by atoms with Gasteiger partial charge < -0.3 is 20.4 Å². The molecular weight excluding hydrogens is 1270 g/mol. The summed E-state index contributed by atoms with van der Waals surface area (Å²) in [5, 5.41) is 36.2. The topological polar surface area (TPSA) is 334 Å². The van der Waals surface area contributed by atoms with E-state index in [-0.39, 0.29) is 108 Å².